The number of hydrogen-bond donors (Lipinski definition) is 4. The van der Waals surface area contributed by atoms with Gasteiger partial charge in [-0.25, -0.2) is 0 Å². The molecular formula is C62H84N2O9S. The predicted octanol–water partition coefficient (Wildman–Crippen LogP) is 13.4. The lowest BCUT2D eigenvalue weighted by atomic mass is 9.57. The Morgan fingerprint density at radius 1 is 0.541 bits per heavy atom. The molecule has 4 bridgehead atoms. The lowest BCUT2D eigenvalue weighted by Gasteiger charge is -2.52. The number of benzene rings is 4. The summed E-state index contributed by atoms with van der Waals surface area (Å²) in [5.74, 6) is 0.713. The third-order valence-corrected chi connectivity index (χ3v) is 21.2. The third kappa shape index (κ3) is 12.0. The predicted molar refractivity (Wildman–Crippen MR) is 291 cm³/mol. The van der Waals surface area contributed by atoms with Crippen molar-refractivity contribution in [3.63, 3.8) is 0 Å². The van der Waals surface area contributed by atoms with E-state index in [1.807, 2.05) is 6.07 Å². The van der Waals surface area contributed by atoms with Gasteiger partial charge in [-0.05, 0) is 234 Å². The van der Waals surface area contributed by atoms with Crippen LogP contribution in [0.5, 0.6) is 11.5 Å². The van der Waals surface area contributed by atoms with Crippen LogP contribution < -0.4 is 15.4 Å². The van der Waals surface area contributed by atoms with Crippen LogP contribution in [0.25, 0.3) is 21.5 Å². The van der Waals surface area contributed by atoms with Gasteiger partial charge in [0.15, 0.2) is 0 Å². The van der Waals surface area contributed by atoms with Crippen LogP contribution in [0.15, 0.2) is 72.8 Å². The van der Waals surface area contributed by atoms with Crippen LogP contribution in [0.3, 0.4) is 0 Å². The van der Waals surface area contributed by atoms with E-state index in [9.17, 15) is 28.2 Å². The van der Waals surface area contributed by atoms with Crippen LogP contribution in [0.1, 0.15) is 191 Å². The van der Waals surface area contributed by atoms with Gasteiger partial charge in [-0.2, -0.15) is 8.42 Å². The summed E-state index contributed by atoms with van der Waals surface area (Å²) in [7, 11) is -1.75. The van der Waals surface area contributed by atoms with E-state index in [-0.39, 0.29) is 28.6 Å². The Balaban J connectivity index is 0.000000137. The van der Waals surface area contributed by atoms with E-state index in [0.29, 0.717) is 22.7 Å². The van der Waals surface area contributed by atoms with Gasteiger partial charge in [0.25, 0.3) is 10.1 Å². The zero-order valence-electron chi connectivity index (χ0n) is 44.5. The fourth-order valence-corrected chi connectivity index (χ4v) is 16.2. The molecule has 10 aliphatic rings. The van der Waals surface area contributed by atoms with Crippen molar-refractivity contribution in [2.45, 2.75) is 216 Å². The molecule has 4 aromatic rings. The Morgan fingerprint density at radius 3 is 1.42 bits per heavy atom. The molecule has 2 spiro atoms. The summed E-state index contributed by atoms with van der Waals surface area (Å²) in [4.78, 5) is 23.8. The minimum absolute atomic E-state index is 0.0152. The molecule has 0 aliphatic heterocycles. The molecule has 0 radical (unpaired) electrons. The summed E-state index contributed by atoms with van der Waals surface area (Å²) >= 11 is 0. The first-order chi connectivity index (χ1) is 35.5. The minimum Gasteiger partial charge on any atom is -0.508 e. The molecule has 10 aliphatic carbocycles. The number of rotatable bonds is 12. The number of carbonyl (C=O) groups excluding carboxylic acids is 1. The number of phenols is 1. The van der Waals surface area contributed by atoms with Crippen LogP contribution in [0, 0.1) is 21.7 Å². The van der Waals surface area contributed by atoms with E-state index < -0.39 is 21.5 Å². The van der Waals surface area contributed by atoms with Gasteiger partial charge in [0.05, 0.1) is 36.4 Å². The first kappa shape index (κ1) is 53.2. The smallest absolute Gasteiger partial charge is 0.311 e. The van der Waals surface area contributed by atoms with Crippen molar-refractivity contribution in [2.24, 2.45) is 21.7 Å². The van der Waals surface area contributed by atoms with Crippen LogP contribution in [-0.4, -0.2) is 67.2 Å². The van der Waals surface area contributed by atoms with Crippen molar-refractivity contribution in [3.8, 4) is 11.5 Å². The first-order valence-corrected chi connectivity index (χ1v) is 30.4. The van der Waals surface area contributed by atoms with Gasteiger partial charge >= 0.3 is 11.9 Å². The molecule has 0 heterocycles. The molecule has 4 aromatic carbocycles. The number of ether oxygens (including phenoxy) is 2. The van der Waals surface area contributed by atoms with Crippen molar-refractivity contribution in [1.82, 2.24) is 10.6 Å². The first-order valence-electron chi connectivity index (χ1n) is 28.6. The Morgan fingerprint density at radius 2 is 0.959 bits per heavy atom. The van der Waals surface area contributed by atoms with E-state index >= 15 is 0 Å². The highest BCUT2D eigenvalue weighted by Crippen LogP contribution is 2.55. The Hall–Kier alpha value is -4.23. The third-order valence-electron chi connectivity index (χ3n) is 20.6. The fourth-order valence-electron chi connectivity index (χ4n) is 15.5. The molecule has 12 heteroatoms. The number of hydrogen-bond acceptors (Lipinski definition) is 10. The molecule has 0 atom stereocenters. The van der Waals surface area contributed by atoms with E-state index in [1.54, 1.807) is 12.1 Å². The highest BCUT2D eigenvalue weighted by atomic mass is 32.2. The van der Waals surface area contributed by atoms with Gasteiger partial charge in [-0.15, -0.1) is 0 Å². The van der Waals surface area contributed by atoms with Gasteiger partial charge in [0, 0.05) is 24.2 Å². The summed E-state index contributed by atoms with van der Waals surface area (Å²) in [6.07, 6.45) is 33.2. The summed E-state index contributed by atoms with van der Waals surface area (Å²) in [5.41, 5.74) is 3.39. The summed E-state index contributed by atoms with van der Waals surface area (Å²) in [5, 5.41) is 31.5. The molecule has 0 saturated heterocycles. The highest BCUT2D eigenvalue weighted by molar-refractivity contribution is 7.86. The van der Waals surface area contributed by atoms with Crippen molar-refractivity contribution in [2.75, 3.05) is 13.4 Å². The van der Waals surface area contributed by atoms with Crippen LogP contribution >= 0.6 is 0 Å². The normalized spacial score (nSPS) is 29.2. The van der Waals surface area contributed by atoms with Crippen molar-refractivity contribution in [3.05, 3.63) is 83.9 Å². The lowest BCUT2D eigenvalue weighted by Crippen LogP contribution is -2.56. The van der Waals surface area contributed by atoms with Crippen molar-refractivity contribution in [1.29, 1.82) is 0 Å². The number of fused-ring (bicyclic) bond motifs is 8. The molecule has 10 saturated carbocycles. The van der Waals surface area contributed by atoms with E-state index in [1.165, 1.54) is 106 Å². The standard InChI is InChI=1S/C30H39NO3.C21H25NO3.C11H20O3S/c32-27(33)29-13-16-30(17-14-29,18-15-29)31-21-22-3-4-24-20-26(6-5-23(24)19-22)34-25-7-11-28(12-8-25)9-1-2-10-28;1-25-19(24)20-6-9-21(10-7-20,11-8-20)22-14-15-2-3-17-13-18(23)5-4-16(17)12-15;1-15(12,13)14-10-4-8-11(9-5-10)6-2-3-7-11/h3-6,19-20,25,31H,1-2,7-18,21H2,(H,32,33);2-5,12-13,22-23H,6-11,14H2,1H3;10H,2-9H2,1H3. The topological polar surface area (TPSA) is 160 Å². The van der Waals surface area contributed by atoms with Crippen molar-refractivity contribution < 1.29 is 41.9 Å². The maximum absolute atomic E-state index is 12.1. The maximum Gasteiger partial charge on any atom is 0.311 e. The van der Waals surface area contributed by atoms with E-state index in [0.717, 1.165) is 139 Å². The van der Waals surface area contributed by atoms with Crippen LogP contribution in [0.4, 0.5) is 0 Å². The number of aliphatic carboxylic acids is 1. The second-order valence-electron chi connectivity index (χ2n) is 25.1. The largest absolute Gasteiger partial charge is 0.508 e. The molecule has 0 aromatic heterocycles. The quantitative estimate of drug-likeness (QED) is 0.0790. The number of carboxylic acid groups (broad SMARTS) is 1. The van der Waals surface area contributed by atoms with E-state index in [4.69, 9.17) is 13.7 Å². The minimum atomic E-state index is -3.26. The molecule has 74 heavy (non-hydrogen) atoms. The molecule has 11 nitrogen and oxygen atoms in total. The maximum atomic E-state index is 12.1. The average molecular weight is 1030 g/mol. The summed E-state index contributed by atoms with van der Waals surface area (Å²) in [6.45, 7) is 1.68. The molecule has 0 unspecified atom stereocenters. The molecule has 402 valence electrons. The zero-order chi connectivity index (χ0) is 51.7. The van der Waals surface area contributed by atoms with Gasteiger partial charge in [0.2, 0.25) is 0 Å². The Labute approximate surface area is 440 Å². The van der Waals surface area contributed by atoms with Gasteiger partial charge in [0.1, 0.15) is 11.5 Å². The molecule has 4 N–H and O–H groups in total. The SMILES string of the molecule is COC(=O)C12CCC(NCc3ccc4cc(O)ccc4c3)(CC1)CC2.CS(=O)(=O)OC1CCC2(CCCC2)CC1.O=C(O)C12CCC(NCc3ccc4cc(OC5CCC6(CCCC6)CC5)ccc4c3)(CC1)CC2. The number of nitrogens with one attached hydrogen (secondary N) is 2. The molecular weight excluding hydrogens is 949 g/mol. The number of carbonyl (C=O) groups is 2. The monoisotopic (exact) mass is 1030 g/mol. The van der Waals surface area contributed by atoms with Crippen molar-refractivity contribution >= 4 is 43.6 Å². The molecule has 10 fully saturated rings. The number of methoxy groups -OCH3 is 1. The number of carboxylic acids is 1. The molecule has 14 rings (SSSR count). The number of aromatic hydroxyl groups is 1. The zero-order valence-corrected chi connectivity index (χ0v) is 45.3. The Kier molecular flexibility index (Phi) is 15.6. The summed E-state index contributed by atoms with van der Waals surface area (Å²) in [6, 6.07) is 25.1. The molecule has 0 amide bonds. The average Bonchev–Trinajstić information content (AvgIpc) is 4.10. The second kappa shape index (κ2) is 21.7. The second-order valence-corrected chi connectivity index (χ2v) is 26.7. The fraction of sp³-hybridized carbons (Fsp3) is 0.645. The Bertz CT molecular complexity index is 2690. The number of esters is 1. The number of phenolic OH excluding ortho intramolecular Hbond substituents is 1. The summed E-state index contributed by atoms with van der Waals surface area (Å²) < 4.78 is 38.5. The van der Waals surface area contributed by atoms with Gasteiger partial charge in [-0.3, -0.25) is 13.8 Å². The van der Waals surface area contributed by atoms with Crippen LogP contribution in [0.2, 0.25) is 0 Å². The lowest BCUT2D eigenvalue weighted by molar-refractivity contribution is -0.160. The van der Waals surface area contributed by atoms with Gasteiger partial charge < -0.3 is 30.3 Å². The van der Waals surface area contributed by atoms with E-state index in [2.05, 4.69) is 65.2 Å². The van der Waals surface area contributed by atoms with Crippen LogP contribution in [-0.2, 0) is 41.7 Å². The van der Waals surface area contributed by atoms with Gasteiger partial charge in [-0.1, -0.05) is 62.1 Å². The highest BCUT2D eigenvalue weighted by Gasteiger charge is 2.54.